The number of carbonyl (C=O) groups is 2. The summed E-state index contributed by atoms with van der Waals surface area (Å²) in [4.78, 5) is 30.5. The largest absolute Gasteiger partial charge is 0.496 e. The van der Waals surface area contributed by atoms with Crippen molar-refractivity contribution in [3.63, 3.8) is 0 Å². The Labute approximate surface area is 228 Å². The molecule has 0 aliphatic carbocycles. The van der Waals surface area contributed by atoms with Crippen LogP contribution in [0.3, 0.4) is 0 Å². The van der Waals surface area contributed by atoms with E-state index < -0.39 is 11.6 Å². The second kappa shape index (κ2) is 11.5. The first kappa shape index (κ1) is 27.6. The highest BCUT2D eigenvalue weighted by Gasteiger charge is 2.34. The Morgan fingerprint density at radius 2 is 1.77 bits per heavy atom. The van der Waals surface area contributed by atoms with Crippen LogP contribution in [0.5, 0.6) is 5.75 Å². The highest BCUT2D eigenvalue weighted by Crippen LogP contribution is 2.28. The number of amides is 2. The van der Waals surface area contributed by atoms with Crippen molar-refractivity contribution in [2.45, 2.75) is 59.3 Å². The van der Waals surface area contributed by atoms with Gasteiger partial charge in [-0.25, -0.2) is 0 Å². The van der Waals surface area contributed by atoms with E-state index in [1.807, 2.05) is 83.1 Å². The minimum absolute atomic E-state index is 0.123. The standard InChI is InChI=1S/C29H34N6O4/c1-19-11-14-21(15-12-19)26(28(37)30-29(3,4)5)34(17-22-9-7-8-10-23(22)38-6)25(36)18-35-32-27(31-33-35)24-16-13-20(2)39-24/h7-16,26H,17-18H2,1-6H3,(H,30,37)/t26-/m0/s1. The quantitative estimate of drug-likeness (QED) is 0.344. The number of aryl methyl sites for hydroxylation is 2. The summed E-state index contributed by atoms with van der Waals surface area (Å²) in [7, 11) is 1.58. The Bertz CT molecular complexity index is 1430. The molecule has 0 radical (unpaired) electrons. The van der Waals surface area contributed by atoms with E-state index in [2.05, 4.69) is 20.7 Å². The van der Waals surface area contributed by atoms with Gasteiger partial charge in [0.2, 0.25) is 17.6 Å². The summed E-state index contributed by atoms with van der Waals surface area (Å²) < 4.78 is 11.1. The molecule has 204 valence electrons. The number of carbonyl (C=O) groups excluding carboxylic acids is 2. The Morgan fingerprint density at radius 1 is 1.05 bits per heavy atom. The maximum absolute atomic E-state index is 14.0. The molecule has 2 heterocycles. The van der Waals surface area contributed by atoms with Gasteiger partial charge in [0.05, 0.1) is 13.7 Å². The Kier molecular flexibility index (Phi) is 8.13. The molecule has 0 saturated carbocycles. The van der Waals surface area contributed by atoms with Gasteiger partial charge in [-0.05, 0) is 63.6 Å². The van der Waals surface area contributed by atoms with E-state index in [9.17, 15) is 9.59 Å². The van der Waals surface area contributed by atoms with Gasteiger partial charge in [-0.3, -0.25) is 9.59 Å². The minimum Gasteiger partial charge on any atom is -0.496 e. The first-order chi connectivity index (χ1) is 18.5. The summed E-state index contributed by atoms with van der Waals surface area (Å²) in [5, 5.41) is 15.5. The van der Waals surface area contributed by atoms with Crippen LogP contribution in [0.2, 0.25) is 0 Å². The highest BCUT2D eigenvalue weighted by atomic mass is 16.5. The average Bonchev–Trinajstić information content (AvgIpc) is 3.52. The summed E-state index contributed by atoms with van der Waals surface area (Å²) in [6.07, 6.45) is 0. The summed E-state index contributed by atoms with van der Waals surface area (Å²) in [6.45, 7) is 9.40. The Morgan fingerprint density at radius 3 is 2.41 bits per heavy atom. The SMILES string of the molecule is COc1ccccc1CN(C(=O)Cn1nnc(-c2ccc(C)o2)n1)[C@H](C(=O)NC(C)(C)C)c1ccc(C)cc1. The van der Waals surface area contributed by atoms with Crippen molar-refractivity contribution in [1.82, 2.24) is 30.4 Å². The van der Waals surface area contributed by atoms with Gasteiger partial charge in [-0.2, -0.15) is 4.80 Å². The third kappa shape index (κ3) is 6.90. The van der Waals surface area contributed by atoms with Gasteiger partial charge >= 0.3 is 0 Å². The van der Waals surface area contributed by atoms with Crippen LogP contribution in [-0.2, 0) is 22.7 Å². The second-order valence-corrected chi connectivity index (χ2v) is 10.4. The lowest BCUT2D eigenvalue weighted by atomic mass is 9.99. The Hall–Kier alpha value is -4.47. The molecule has 39 heavy (non-hydrogen) atoms. The van der Waals surface area contributed by atoms with E-state index in [1.165, 1.54) is 9.70 Å². The molecule has 0 aliphatic rings. The van der Waals surface area contributed by atoms with Crippen molar-refractivity contribution in [3.05, 3.63) is 83.1 Å². The predicted octanol–water partition coefficient (Wildman–Crippen LogP) is 4.24. The monoisotopic (exact) mass is 530 g/mol. The van der Waals surface area contributed by atoms with E-state index in [1.54, 1.807) is 19.2 Å². The molecule has 4 aromatic rings. The van der Waals surface area contributed by atoms with Crippen LogP contribution in [0.15, 0.2) is 65.1 Å². The number of benzene rings is 2. The van der Waals surface area contributed by atoms with Crippen molar-refractivity contribution < 1.29 is 18.7 Å². The zero-order chi connectivity index (χ0) is 28.2. The van der Waals surface area contributed by atoms with E-state index in [0.29, 0.717) is 22.8 Å². The molecule has 4 rings (SSSR count). The number of rotatable bonds is 9. The van der Waals surface area contributed by atoms with Crippen molar-refractivity contribution >= 4 is 11.8 Å². The van der Waals surface area contributed by atoms with Crippen molar-refractivity contribution in [1.29, 1.82) is 0 Å². The van der Waals surface area contributed by atoms with E-state index in [4.69, 9.17) is 9.15 Å². The molecule has 10 heteroatoms. The number of para-hydroxylation sites is 1. The molecular formula is C29H34N6O4. The number of nitrogens with one attached hydrogen (secondary N) is 1. The van der Waals surface area contributed by atoms with Crippen LogP contribution in [0, 0.1) is 13.8 Å². The number of methoxy groups -OCH3 is 1. The molecule has 2 aromatic heterocycles. The lowest BCUT2D eigenvalue weighted by molar-refractivity contribution is -0.143. The molecule has 10 nitrogen and oxygen atoms in total. The normalized spacial score (nSPS) is 12.2. The van der Waals surface area contributed by atoms with Gasteiger partial charge in [0.15, 0.2) is 5.76 Å². The van der Waals surface area contributed by atoms with Crippen LogP contribution < -0.4 is 10.1 Å². The van der Waals surface area contributed by atoms with Crippen LogP contribution in [0.1, 0.15) is 49.3 Å². The van der Waals surface area contributed by atoms with Gasteiger partial charge in [0.25, 0.3) is 0 Å². The van der Waals surface area contributed by atoms with Crippen molar-refractivity contribution in [2.75, 3.05) is 7.11 Å². The summed E-state index contributed by atoms with van der Waals surface area (Å²) in [5.74, 6) is 1.39. The summed E-state index contributed by atoms with van der Waals surface area (Å²) in [5.41, 5.74) is 1.97. The number of hydrogen-bond acceptors (Lipinski definition) is 7. The van der Waals surface area contributed by atoms with E-state index in [0.717, 1.165) is 11.1 Å². The summed E-state index contributed by atoms with van der Waals surface area (Å²) >= 11 is 0. The van der Waals surface area contributed by atoms with E-state index in [-0.39, 0.29) is 30.7 Å². The zero-order valence-electron chi connectivity index (χ0n) is 23.1. The fourth-order valence-electron chi connectivity index (χ4n) is 4.18. The maximum atomic E-state index is 14.0. The molecule has 0 spiro atoms. The lowest BCUT2D eigenvalue weighted by Crippen LogP contribution is -2.49. The number of furan rings is 1. The van der Waals surface area contributed by atoms with Crippen LogP contribution in [0.4, 0.5) is 0 Å². The molecule has 0 bridgehead atoms. The fraction of sp³-hybridized carbons (Fsp3) is 0.345. The molecular weight excluding hydrogens is 496 g/mol. The molecule has 2 amide bonds. The number of nitrogens with zero attached hydrogens (tertiary/aromatic N) is 5. The fourth-order valence-corrected chi connectivity index (χ4v) is 4.18. The van der Waals surface area contributed by atoms with Crippen LogP contribution in [0.25, 0.3) is 11.6 Å². The molecule has 0 aliphatic heterocycles. The maximum Gasteiger partial charge on any atom is 0.247 e. The van der Waals surface area contributed by atoms with Crippen molar-refractivity contribution in [2.24, 2.45) is 0 Å². The van der Waals surface area contributed by atoms with E-state index >= 15 is 0 Å². The van der Waals surface area contributed by atoms with Gasteiger partial charge in [-0.1, -0.05) is 48.0 Å². The summed E-state index contributed by atoms with van der Waals surface area (Å²) in [6, 6.07) is 17.6. The second-order valence-electron chi connectivity index (χ2n) is 10.4. The number of aromatic nitrogens is 4. The molecule has 1 atom stereocenters. The van der Waals surface area contributed by atoms with Crippen molar-refractivity contribution in [3.8, 4) is 17.3 Å². The predicted molar refractivity (Wildman–Crippen MR) is 146 cm³/mol. The van der Waals surface area contributed by atoms with Gasteiger partial charge < -0.3 is 19.4 Å². The Balaban J connectivity index is 1.73. The zero-order valence-corrected chi connectivity index (χ0v) is 23.1. The minimum atomic E-state index is -0.919. The van der Waals surface area contributed by atoms with Gasteiger partial charge in [0, 0.05) is 11.1 Å². The van der Waals surface area contributed by atoms with Gasteiger partial charge in [0.1, 0.15) is 24.1 Å². The third-order valence-electron chi connectivity index (χ3n) is 6.00. The molecule has 0 fully saturated rings. The van der Waals surface area contributed by atoms with Gasteiger partial charge in [-0.15, -0.1) is 10.2 Å². The highest BCUT2D eigenvalue weighted by molar-refractivity contribution is 5.89. The number of tetrazole rings is 1. The first-order valence-corrected chi connectivity index (χ1v) is 12.7. The molecule has 2 aromatic carbocycles. The van der Waals surface area contributed by atoms with Crippen LogP contribution in [-0.4, -0.2) is 49.6 Å². The topological polar surface area (TPSA) is 115 Å². The number of hydrogen-bond donors (Lipinski definition) is 1. The molecule has 1 N–H and O–H groups in total. The average molecular weight is 531 g/mol. The first-order valence-electron chi connectivity index (χ1n) is 12.7. The van der Waals surface area contributed by atoms with Crippen LogP contribution >= 0.6 is 0 Å². The lowest BCUT2D eigenvalue weighted by Gasteiger charge is -2.34. The smallest absolute Gasteiger partial charge is 0.247 e. The number of ether oxygens (including phenoxy) is 1. The molecule has 0 unspecified atom stereocenters. The third-order valence-corrected chi connectivity index (χ3v) is 6.00. The molecule has 0 saturated heterocycles.